The predicted octanol–water partition coefficient (Wildman–Crippen LogP) is 0.180. The van der Waals surface area contributed by atoms with Gasteiger partial charge in [-0.25, -0.2) is 9.78 Å². The molecule has 0 aliphatic carbocycles. The molecule has 0 aromatic carbocycles. The van der Waals surface area contributed by atoms with Gasteiger partial charge in [-0.05, 0) is 6.07 Å². The number of nitrogens with two attached hydrogens (primary N) is 1. The molecule has 76 valence electrons. The van der Waals surface area contributed by atoms with Gasteiger partial charge in [-0.3, -0.25) is 0 Å². The molecule has 0 fully saturated rings. The van der Waals surface area contributed by atoms with Crippen LogP contribution in [0.5, 0.6) is 0 Å². The molecule has 14 heavy (non-hydrogen) atoms. The fourth-order valence-electron chi connectivity index (χ4n) is 0.971. The molecule has 0 bridgehead atoms. The molecule has 0 amide bonds. The van der Waals surface area contributed by atoms with Gasteiger partial charge in [0, 0.05) is 11.8 Å². The van der Waals surface area contributed by atoms with Gasteiger partial charge in [0.15, 0.2) is 6.10 Å². The summed E-state index contributed by atoms with van der Waals surface area (Å²) in [5, 5.41) is 17.8. The maximum atomic E-state index is 10.4. The van der Waals surface area contributed by atoms with Crippen molar-refractivity contribution in [2.45, 2.75) is 12.1 Å². The van der Waals surface area contributed by atoms with Gasteiger partial charge < -0.3 is 15.9 Å². The Morgan fingerprint density at radius 3 is 2.79 bits per heavy atom. The van der Waals surface area contributed by atoms with Crippen molar-refractivity contribution in [3.63, 3.8) is 0 Å². The number of carboxylic acid groups (broad SMARTS) is 1. The van der Waals surface area contributed by atoms with Crippen LogP contribution in [0.4, 0.5) is 0 Å². The third-order valence-corrected chi connectivity index (χ3v) is 2.06. The van der Waals surface area contributed by atoms with Crippen molar-refractivity contribution in [1.29, 1.82) is 0 Å². The second-order valence-corrected chi connectivity index (χ2v) is 3.05. The van der Waals surface area contributed by atoms with Gasteiger partial charge >= 0.3 is 5.97 Å². The Morgan fingerprint density at radius 1 is 1.64 bits per heavy atom. The average Bonchev–Trinajstić information content (AvgIpc) is 2.16. The normalized spacial score (nSPS) is 14.8. The zero-order valence-corrected chi connectivity index (χ0v) is 7.85. The molecule has 0 saturated carbocycles. The summed E-state index contributed by atoms with van der Waals surface area (Å²) in [6.07, 6.45) is -0.234. The zero-order chi connectivity index (χ0) is 10.7. The summed E-state index contributed by atoms with van der Waals surface area (Å²) in [5.41, 5.74) is 5.79. The Morgan fingerprint density at radius 2 is 2.29 bits per heavy atom. The molecule has 6 heteroatoms. The first kappa shape index (κ1) is 10.9. The monoisotopic (exact) mass is 216 g/mol. The van der Waals surface area contributed by atoms with Crippen LogP contribution in [0.3, 0.4) is 0 Å². The summed E-state index contributed by atoms with van der Waals surface area (Å²) >= 11 is 5.67. The summed E-state index contributed by atoms with van der Waals surface area (Å²) in [4.78, 5) is 14.2. The number of hydrogen-bond acceptors (Lipinski definition) is 4. The number of hydrogen-bond donors (Lipinski definition) is 3. The van der Waals surface area contributed by atoms with Crippen LogP contribution >= 0.6 is 11.6 Å². The van der Waals surface area contributed by atoms with E-state index >= 15 is 0 Å². The van der Waals surface area contributed by atoms with Gasteiger partial charge in [0.05, 0.1) is 6.04 Å². The molecule has 0 spiro atoms. The Balaban J connectivity index is 2.94. The van der Waals surface area contributed by atoms with E-state index in [2.05, 4.69) is 4.98 Å². The highest BCUT2D eigenvalue weighted by Crippen LogP contribution is 2.21. The lowest BCUT2D eigenvalue weighted by molar-refractivity contribution is -0.147. The smallest absolute Gasteiger partial charge is 0.334 e. The first-order chi connectivity index (χ1) is 6.54. The standard InChI is InChI=1S/C8H9ClN2O3/c9-7-4(2-1-3-11-7)5(10)6(12)8(13)14/h1-3,5-6,12H,10H2,(H,13,14)/t5-,6+/m1/s1. The van der Waals surface area contributed by atoms with Crippen molar-refractivity contribution in [3.05, 3.63) is 29.0 Å². The molecular formula is C8H9ClN2O3. The van der Waals surface area contributed by atoms with Gasteiger partial charge in [0.2, 0.25) is 0 Å². The minimum absolute atomic E-state index is 0.0975. The fourth-order valence-corrected chi connectivity index (χ4v) is 1.22. The summed E-state index contributed by atoms with van der Waals surface area (Å²) in [6, 6.07) is 2.01. The molecule has 5 nitrogen and oxygen atoms in total. The highest BCUT2D eigenvalue weighted by Gasteiger charge is 2.25. The molecule has 2 atom stereocenters. The van der Waals surface area contributed by atoms with Crippen molar-refractivity contribution in [3.8, 4) is 0 Å². The Kier molecular flexibility index (Phi) is 3.40. The molecule has 1 aromatic rings. The third kappa shape index (κ3) is 2.20. The van der Waals surface area contributed by atoms with Gasteiger partial charge in [-0.1, -0.05) is 17.7 Å². The second kappa shape index (κ2) is 4.36. The van der Waals surface area contributed by atoms with Crippen LogP contribution in [0.25, 0.3) is 0 Å². The molecule has 0 aliphatic heterocycles. The topological polar surface area (TPSA) is 96.4 Å². The molecule has 0 unspecified atom stereocenters. The van der Waals surface area contributed by atoms with Crippen molar-refractivity contribution in [2.24, 2.45) is 5.73 Å². The first-order valence-corrected chi connectivity index (χ1v) is 4.18. The van der Waals surface area contributed by atoms with Crippen molar-refractivity contribution in [2.75, 3.05) is 0 Å². The van der Waals surface area contributed by atoms with Crippen LogP contribution in [-0.4, -0.2) is 27.3 Å². The minimum atomic E-state index is -1.68. The van der Waals surface area contributed by atoms with Gasteiger partial charge in [-0.15, -0.1) is 0 Å². The molecule has 1 aromatic heterocycles. The van der Waals surface area contributed by atoms with E-state index in [1.165, 1.54) is 12.3 Å². The predicted molar refractivity (Wildman–Crippen MR) is 49.8 cm³/mol. The largest absolute Gasteiger partial charge is 0.479 e. The molecule has 0 aliphatic rings. The van der Waals surface area contributed by atoms with Gasteiger partial charge in [0.25, 0.3) is 0 Å². The van der Waals surface area contributed by atoms with E-state index in [0.717, 1.165) is 0 Å². The number of aliphatic carboxylic acids is 1. The second-order valence-electron chi connectivity index (χ2n) is 2.69. The maximum Gasteiger partial charge on any atom is 0.334 e. The molecule has 1 rings (SSSR count). The number of carbonyl (C=O) groups is 1. The first-order valence-electron chi connectivity index (χ1n) is 3.81. The molecular weight excluding hydrogens is 208 g/mol. The lowest BCUT2D eigenvalue weighted by atomic mass is 10.0. The lowest BCUT2D eigenvalue weighted by Gasteiger charge is -2.15. The van der Waals surface area contributed by atoms with Crippen LogP contribution in [0, 0.1) is 0 Å². The summed E-state index contributed by atoms with van der Waals surface area (Å²) in [7, 11) is 0. The Bertz CT molecular complexity index is 345. The van der Waals surface area contributed by atoms with Crippen molar-refractivity contribution < 1.29 is 15.0 Å². The van der Waals surface area contributed by atoms with Gasteiger partial charge in [0.1, 0.15) is 5.15 Å². The van der Waals surface area contributed by atoms with Crippen molar-refractivity contribution >= 4 is 17.6 Å². The lowest BCUT2D eigenvalue weighted by Crippen LogP contribution is -2.33. The number of pyridine rings is 1. The number of aliphatic hydroxyl groups is 1. The van der Waals surface area contributed by atoms with Crippen LogP contribution < -0.4 is 5.73 Å². The molecule has 0 saturated heterocycles. The molecule has 0 radical (unpaired) electrons. The maximum absolute atomic E-state index is 10.4. The number of aliphatic hydroxyl groups excluding tert-OH is 1. The van der Waals surface area contributed by atoms with E-state index in [1.807, 2.05) is 0 Å². The average molecular weight is 217 g/mol. The number of aromatic nitrogens is 1. The number of nitrogens with zero attached hydrogens (tertiary/aromatic N) is 1. The Labute approximate surface area is 85.1 Å². The summed E-state index contributed by atoms with van der Waals surface area (Å²) in [6.45, 7) is 0. The number of rotatable bonds is 3. The van der Waals surface area contributed by atoms with E-state index in [-0.39, 0.29) is 5.15 Å². The van der Waals surface area contributed by atoms with Crippen LogP contribution in [0.1, 0.15) is 11.6 Å². The van der Waals surface area contributed by atoms with Gasteiger partial charge in [-0.2, -0.15) is 0 Å². The van der Waals surface area contributed by atoms with E-state index in [4.69, 9.17) is 27.5 Å². The fraction of sp³-hybridized carbons (Fsp3) is 0.250. The highest BCUT2D eigenvalue weighted by molar-refractivity contribution is 6.30. The number of carboxylic acids is 1. The number of halogens is 1. The molecule has 4 N–H and O–H groups in total. The molecule has 1 heterocycles. The quantitative estimate of drug-likeness (QED) is 0.627. The van der Waals surface area contributed by atoms with Crippen LogP contribution in [0.2, 0.25) is 5.15 Å². The summed E-state index contributed by atoms with van der Waals surface area (Å²) < 4.78 is 0. The van der Waals surface area contributed by atoms with E-state index in [0.29, 0.717) is 5.56 Å². The minimum Gasteiger partial charge on any atom is -0.479 e. The summed E-state index contributed by atoms with van der Waals surface area (Å²) in [5.74, 6) is -1.39. The van der Waals surface area contributed by atoms with E-state index in [9.17, 15) is 4.79 Å². The third-order valence-electron chi connectivity index (χ3n) is 1.74. The highest BCUT2D eigenvalue weighted by atomic mass is 35.5. The van der Waals surface area contributed by atoms with Crippen molar-refractivity contribution in [1.82, 2.24) is 4.98 Å². The van der Waals surface area contributed by atoms with Crippen LogP contribution in [-0.2, 0) is 4.79 Å². The Hall–Kier alpha value is -1.17. The van der Waals surface area contributed by atoms with E-state index < -0.39 is 18.1 Å². The zero-order valence-electron chi connectivity index (χ0n) is 7.09. The van der Waals surface area contributed by atoms with Crippen LogP contribution in [0.15, 0.2) is 18.3 Å². The van der Waals surface area contributed by atoms with E-state index in [1.54, 1.807) is 6.07 Å². The SMILES string of the molecule is N[C@H](c1cccnc1Cl)[C@H](O)C(=O)O.